The number of aromatic nitrogens is 4. The van der Waals surface area contributed by atoms with Crippen molar-refractivity contribution in [3.63, 3.8) is 0 Å². The standard InChI is InChI=1S/C34H42N12O4/c1-23-25(31(47)34(49)46-16-14-45(15-17-46)32-27(41-43-42-32)18-24-6-4-3-5-7-24)20-36-21-29(38-22-30(23)50-2)26-19-28(40-39-26)33(48)37-10-13-44-11-8-35-9-12-44/h3-7,19-22,27,35,38H,8-18H2,1-2H3,(H,37,48)(H,39,40)/t27-/m1/s1. The Balaban J connectivity index is 1.10. The van der Waals surface area contributed by atoms with Crippen molar-refractivity contribution in [2.45, 2.75) is 19.4 Å². The number of carbonyl (C=O) groups excluding carboxylic acids is 3. The van der Waals surface area contributed by atoms with Crippen LogP contribution < -0.4 is 15.4 Å². The maximum atomic E-state index is 13.7. The van der Waals surface area contributed by atoms with Gasteiger partial charge in [-0.05, 0) is 23.8 Å². The molecule has 2 fully saturated rings. The molecule has 1 aromatic carbocycles. The first-order valence-corrected chi connectivity index (χ1v) is 16.7. The third-order valence-electron chi connectivity index (χ3n) is 9.02. The molecule has 262 valence electrons. The zero-order valence-electron chi connectivity index (χ0n) is 28.3. The fourth-order valence-electron chi connectivity index (χ4n) is 6.11. The molecular weight excluding hydrogens is 640 g/mol. The van der Waals surface area contributed by atoms with Gasteiger partial charge in [0.1, 0.15) is 23.2 Å². The second-order valence-electron chi connectivity index (χ2n) is 12.2. The molecule has 0 bridgehead atoms. The number of benzene rings is 1. The van der Waals surface area contributed by atoms with Crippen LogP contribution in [0.15, 0.2) is 70.4 Å². The van der Waals surface area contributed by atoms with Crippen LogP contribution in [-0.4, -0.2) is 137 Å². The number of H-pyrrole nitrogens is 2. The van der Waals surface area contributed by atoms with Gasteiger partial charge in [-0.1, -0.05) is 30.3 Å². The SMILES string of the molecule is COc1c[nH]c(-c2cc(C(=O)NCCN3CCNCC3)[nH]n2)cncc(C(=O)C(=O)N2CCN(C3=NN=N[C@@H]3Cc3ccccc3)CC2)c1C. The van der Waals surface area contributed by atoms with Crippen molar-refractivity contribution in [2.24, 2.45) is 15.4 Å². The highest BCUT2D eigenvalue weighted by molar-refractivity contribution is 6.43. The molecule has 2 saturated heterocycles. The van der Waals surface area contributed by atoms with Crippen molar-refractivity contribution in [3.05, 3.63) is 77.4 Å². The molecule has 0 saturated carbocycles. The second-order valence-corrected chi connectivity index (χ2v) is 12.2. The number of hydrogen-bond donors (Lipinski definition) is 4. The first-order chi connectivity index (χ1) is 24.4. The summed E-state index contributed by atoms with van der Waals surface area (Å²) in [4.78, 5) is 53.3. The molecule has 6 rings (SSSR count). The minimum Gasteiger partial charge on any atom is -0.495 e. The summed E-state index contributed by atoms with van der Waals surface area (Å²) in [7, 11) is 1.48. The number of hydrogen-bond acceptors (Lipinski definition) is 12. The lowest BCUT2D eigenvalue weighted by molar-refractivity contribution is -0.127. The van der Waals surface area contributed by atoms with Crippen molar-refractivity contribution in [2.75, 3.05) is 72.6 Å². The molecule has 16 heteroatoms. The lowest BCUT2D eigenvalue weighted by Crippen LogP contribution is -2.53. The van der Waals surface area contributed by atoms with Gasteiger partial charge in [-0.15, -0.1) is 5.10 Å². The fraction of sp³-hybridized carbons (Fsp3) is 0.412. The molecule has 16 nitrogen and oxygen atoms in total. The Morgan fingerprint density at radius 3 is 2.56 bits per heavy atom. The molecule has 2 aromatic heterocycles. The maximum absolute atomic E-state index is 13.7. The number of ketones is 1. The average Bonchev–Trinajstić information content (AvgIpc) is 3.84. The maximum Gasteiger partial charge on any atom is 0.295 e. The van der Waals surface area contributed by atoms with E-state index in [1.165, 1.54) is 19.5 Å². The largest absolute Gasteiger partial charge is 0.495 e. The Morgan fingerprint density at radius 2 is 1.80 bits per heavy atom. The van der Waals surface area contributed by atoms with Crippen LogP contribution in [0.1, 0.15) is 32.0 Å². The minimum atomic E-state index is -0.691. The number of Topliss-reactive ketones (excluding diaryl/α,β-unsaturated/α-hetero) is 1. The smallest absolute Gasteiger partial charge is 0.295 e. The van der Waals surface area contributed by atoms with Crippen LogP contribution in [0.5, 0.6) is 5.75 Å². The van der Waals surface area contributed by atoms with E-state index in [1.54, 1.807) is 24.1 Å². The number of amides is 2. The van der Waals surface area contributed by atoms with Gasteiger partial charge in [-0.3, -0.25) is 29.4 Å². The zero-order valence-corrected chi connectivity index (χ0v) is 28.3. The summed E-state index contributed by atoms with van der Waals surface area (Å²) >= 11 is 0. The van der Waals surface area contributed by atoms with E-state index < -0.39 is 11.7 Å². The number of aromatic amines is 2. The molecule has 0 spiro atoms. The Morgan fingerprint density at radius 1 is 1.02 bits per heavy atom. The Labute approximate surface area is 289 Å². The van der Waals surface area contributed by atoms with E-state index in [0.717, 1.165) is 44.1 Å². The lowest BCUT2D eigenvalue weighted by Gasteiger charge is -2.36. The van der Waals surface area contributed by atoms with Crippen LogP contribution in [0.3, 0.4) is 0 Å². The van der Waals surface area contributed by atoms with Gasteiger partial charge >= 0.3 is 0 Å². The monoisotopic (exact) mass is 682 g/mol. The van der Waals surface area contributed by atoms with Crippen molar-refractivity contribution < 1.29 is 19.1 Å². The van der Waals surface area contributed by atoms with Gasteiger partial charge in [0, 0.05) is 89.8 Å². The number of piperazine rings is 2. The molecule has 1 atom stereocenters. The summed E-state index contributed by atoms with van der Waals surface area (Å²) in [5.74, 6) is -0.473. The molecule has 0 radical (unpaired) electrons. The van der Waals surface area contributed by atoms with E-state index in [2.05, 4.69) is 56.0 Å². The van der Waals surface area contributed by atoms with Gasteiger partial charge in [-0.2, -0.15) is 10.2 Å². The Hall–Kier alpha value is -5.48. The van der Waals surface area contributed by atoms with Crippen LogP contribution >= 0.6 is 0 Å². The number of rotatable bonds is 10. The Kier molecular flexibility index (Phi) is 11.2. The molecule has 3 aliphatic rings. The predicted octanol–water partition coefficient (Wildman–Crippen LogP) is 1.59. The van der Waals surface area contributed by atoms with Gasteiger partial charge in [0.15, 0.2) is 5.84 Å². The van der Waals surface area contributed by atoms with E-state index in [0.29, 0.717) is 67.5 Å². The highest BCUT2D eigenvalue weighted by Crippen LogP contribution is 2.22. The van der Waals surface area contributed by atoms with Crippen LogP contribution in [0.2, 0.25) is 0 Å². The molecule has 0 unspecified atom stereocenters. The van der Waals surface area contributed by atoms with Gasteiger partial charge in [-0.25, -0.2) is 0 Å². The summed E-state index contributed by atoms with van der Waals surface area (Å²) in [6.07, 6.45) is 5.08. The van der Waals surface area contributed by atoms with Gasteiger partial charge in [0.2, 0.25) is 0 Å². The van der Waals surface area contributed by atoms with Crippen molar-refractivity contribution in [3.8, 4) is 17.1 Å². The minimum absolute atomic E-state index is 0.108. The molecule has 4 N–H and O–H groups in total. The third kappa shape index (κ3) is 8.20. The van der Waals surface area contributed by atoms with E-state index in [-0.39, 0.29) is 17.5 Å². The van der Waals surface area contributed by atoms with Crippen LogP contribution in [0.25, 0.3) is 11.4 Å². The molecular formula is C34H42N12O4. The van der Waals surface area contributed by atoms with E-state index in [9.17, 15) is 14.4 Å². The summed E-state index contributed by atoms with van der Waals surface area (Å²) in [5.41, 5.74) is 2.87. The summed E-state index contributed by atoms with van der Waals surface area (Å²) in [6, 6.07) is 11.5. The number of carbonyl (C=O) groups is 3. The molecule has 3 aliphatic heterocycles. The van der Waals surface area contributed by atoms with Crippen molar-refractivity contribution >= 4 is 23.4 Å². The summed E-state index contributed by atoms with van der Waals surface area (Å²) in [5, 5.41) is 25.8. The van der Waals surface area contributed by atoms with Gasteiger partial charge in [0.05, 0.1) is 24.6 Å². The normalized spacial score (nSPS) is 17.6. The molecule has 0 aliphatic carbocycles. The van der Waals surface area contributed by atoms with E-state index in [4.69, 9.17) is 4.74 Å². The van der Waals surface area contributed by atoms with E-state index >= 15 is 0 Å². The summed E-state index contributed by atoms with van der Waals surface area (Å²) < 4.78 is 5.58. The second kappa shape index (κ2) is 16.3. The number of nitrogens with zero attached hydrogens (tertiary/aromatic N) is 8. The predicted molar refractivity (Wildman–Crippen MR) is 185 cm³/mol. The molecule has 2 amide bonds. The van der Waals surface area contributed by atoms with Gasteiger partial charge in [0.25, 0.3) is 17.6 Å². The van der Waals surface area contributed by atoms with Crippen molar-refractivity contribution in [1.29, 1.82) is 0 Å². The topological polar surface area (TPSA) is 189 Å². The number of nitrogens with one attached hydrogen (secondary N) is 4. The highest BCUT2D eigenvalue weighted by atomic mass is 16.5. The van der Waals surface area contributed by atoms with Crippen molar-refractivity contribution in [1.82, 2.24) is 45.5 Å². The fourth-order valence-corrected chi connectivity index (χ4v) is 6.11. The van der Waals surface area contributed by atoms with Crippen LogP contribution in [0, 0.1) is 6.92 Å². The third-order valence-corrected chi connectivity index (χ3v) is 9.02. The lowest BCUT2D eigenvalue weighted by atomic mass is 10.0. The first-order valence-electron chi connectivity index (χ1n) is 16.7. The number of amidine groups is 1. The van der Waals surface area contributed by atoms with E-state index in [1.807, 2.05) is 30.3 Å². The number of methoxy groups -OCH3 is 1. The molecule has 3 aromatic rings. The summed E-state index contributed by atoms with van der Waals surface area (Å²) in [6.45, 7) is 8.47. The zero-order chi connectivity index (χ0) is 34.9. The van der Waals surface area contributed by atoms with Crippen LogP contribution in [0.4, 0.5) is 0 Å². The molecule has 50 heavy (non-hydrogen) atoms. The average molecular weight is 683 g/mol. The quantitative estimate of drug-likeness (QED) is 0.182. The highest BCUT2D eigenvalue weighted by Gasteiger charge is 2.32. The number of ether oxygens (including phenoxy) is 1. The van der Waals surface area contributed by atoms with Gasteiger partial charge < -0.3 is 30.2 Å². The molecule has 5 heterocycles. The first kappa shape index (κ1) is 34.4. The Bertz CT molecular complexity index is 1790. The van der Waals surface area contributed by atoms with Crippen LogP contribution in [-0.2, 0) is 11.2 Å².